The van der Waals surface area contributed by atoms with Crippen LogP contribution in [0.15, 0.2) is 0 Å². The van der Waals surface area contributed by atoms with Gasteiger partial charge in [0.05, 0.1) is 13.2 Å². The summed E-state index contributed by atoms with van der Waals surface area (Å²) in [6.45, 7) is 2.83. The second kappa shape index (κ2) is 10.3. The van der Waals surface area contributed by atoms with Crippen LogP contribution in [0.2, 0.25) is 0 Å². The van der Waals surface area contributed by atoms with Gasteiger partial charge >= 0.3 is 5.97 Å². The Balaban J connectivity index is 1.46. The van der Waals surface area contributed by atoms with Gasteiger partial charge in [-0.05, 0) is 6.42 Å². The van der Waals surface area contributed by atoms with E-state index in [1.165, 1.54) is 44.9 Å². The van der Waals surface area contributed by atoms with Crippen LogP contribution in [0, 0.1) is 0 Å². The number of fused-ring (bicyclic) bond motifs is 1. The molecule has 0 bridgehead atoms. The summed E-state index contributed by atoms with van der Waals surface area (Å²) >= 11 is 0. The van der Waals surface area contributed by atoms with Crippen LogP contribution in [0.5, 0.6) is 0 Å². The third-order valence-corrected chi connectivity index (χ3v) is 4.75. The first-order valence-electron chi connectivity index (χ1n) is 9.33. The molecule has 2 aliphatic heterocycles. The molecule has 23 heavy (non-hydrogen) atoms. The van der Waals surface area contributed by atoms with Crippen molar-refractivity contribution >= 4 is 5.97 Å². The third kappa shape index (κ3) is 6.05. The molecule has 2 unspecified atom stereocenters. The molecule has 0 aromatic carbocycles. The molecule has 134 valence electrons. The van der Waals surface area contributed by atoms with Crippen molar-refractivity contribution in [2.75, 3.05) is 13.2 Å². The topological polar surface area (TPSA) is 65.0 Å². The van der Waals surface area contributed by atoms with Crippen LogP contribution in [0.3, 0.4) is 0 Å². The molecule has 4 atom stereocenters. The van der Waals surface area contributed by atoms with E-state index in [2.05, 4.69) is 6.92 Å². The van der Waals surface area contributed by atoms with Gasteiger partial charge in [-0.2, -0.15) is 0 Å². The van der Waals surface area contributed by atoms with E-state index in [1.807, 2.05) is 0 Å². The van der Waals surface area contributed by atoms with Crippen molar-refractivity contribution < 1.29 is 24.1 Å². The Hall–Kier alpha value is -0.650. The summed E-state index contributed by atoms with van der Waals surface area (Å²) in [5.74, 6) is -0.174. The van der Waals surface area contributed by atoms with Gasteiger partial charge < -0.3 is 19.3 Å². The van der Waals surface area contributed by atoms with Gasteiger partial charge in [0, 0.05) is 6.42 Å². The first-order valence-corrected chi connectivity index (χ1v) is 9.33. The fourth-order valence-electron chi connectivity index (χ4n) is 3.35. The SMILES string of the molecule is CCCCCCCCCCCC(=O)O[C@H]1COC2C1OC[C@H]2O. The summed E-state index contributed by atoms with van der Waals surface area (Å²) in [5.41, 5.74) is 0. The van der Waals surface area contributed by atoms with E-state index in [4.69, 9.17) is 14.2 Å². The van der Waals surface area contributed by atoms with Gasteiger partial charge in [0.15, 0.2) is 6.10 Å². The Kier molecular flexibility index (Phi) is 8.34. The number of unbranched alkanes of at least 4 members (excludes halogenated alkanes) is 8. The lowest BCUT2D eigenvalue weighted by molar-refractivity contribution is -0.153. The Morgan fingerprint density at radius 2 is 1.57 bits per heavy atom. The Morgan fingerprint density at radius 1 is 0.957 bits per heavy atom. The van der Waals surface area contributed by atoms with Crippen molar-refractivity contribution in [3.8, 4) is 0 Å². The normalized spacial score (nSPS) is 29.7. The first-order chi connectivity index (χ1) is 11.2. The average Bonchev–Trinajstić information content (AvgIpc) is 3.10. The Morgan fingerprint density at radius 3 is 2.26 bits per heavy atom. The fraction of sp³-hybridized carbons (Fsp3) is 0.944. The molecule has 2 saturated heterocycles. The molecule has 5 heteroatoms. The van der Waals surface area contributed by atoms with Crippen molar-refractivity contribution in [1.82, 2.24) is 0 Å². The Bertz CT molecular complexity index is 346. The lowest BCUT2D eigenvalue weighted by atomic mass is 10.1. The molecule has 5 nitrogen and oxygen atoms in total. The molecule has 0 radical (unpaired) electrons. The van der Waals surface area contributed by atoms with Gasteiger partial charge in [-0.3, -0.25) is 4.79 Å². The molecule has 2 fully saturated rings. The highest BCUT2D eigenvalue weighted by Crippen LogP contribution is 2.29. The minimum absolute atomic E-state index is 0.174. The van der Waals surface area contributed by atoms with Crippen LogP contribution >= 0.6 is 0 Å². The number of aliphatic hydroxyl groups excluding tert-OH is 1. The van der Waals surface area contributed by atoms with Crippen LogP contribution in [-0.2, 0) is 19.0 Å². The predicted octanol–water partition coefficient (Wildman–Crippen LogP) is 2.98. The van der Waals surface area contributed by atoms with Crippen LogP contribution < -0.4 is 0 Å². The van der Waals surface area contributed by atoms with E-state index in [-0.39, 0.29) is 30.9 Å². The van der Waals surface area contributed by atoms with Crippen molar-refractivity contribution in [3.05, 3.63) is 0 Å². The molecule has 2 rings (SSSR count). The first kappa shape index (κ1) is 18.7. The molecule has 0 spiro atoms. The zero-order valence-corrected chi connectivity index (χ0v) is 14.4. The third-order valence-electron chi connectivity index (χ3n) is 4.75. The van der Waals surface area contributed by atoms with Crippen LogP contribution in [0.1, 0.15) is 71.1 Å². The van der Waals surface area contributed by atoms with E-state index in [1.54, 1.807) is 0 Å². The number of rotatable bonds is 11. The van der Waals surface area contributed by atoms with E-state index >= 15 is 0 Å². The smallest absolute Gasteiger partial charge is 0.306 e. The second-order valence-corrected chi connectivity index (χ2v) is 6.77. The molecule has 0 amide bonds. The molecule has 1 N–H and O–H groups in total. The minimum atomic E-state index is -0.596. The van der Waals surface area contributed by atoms with Crippen LogP contribution in [0.25, 0.3) is 0 Å². The molecule has 0 aliphatic carbocycles. The van der Waals surface area contributed by atoms with Crippen molar-refractivity contribution in [2.24, 2.45) is 0 Å². The number of hydrogen-bond acceptors (Lipinski definition) is 5. The lowest BCUT2D eigenvalue weighted by Crippen LogP contribution is -2.34. The van der Waals surface area contributed by atoms with Crippen molar-refractivity contribution in [2.45, 2.75) is 95.5 Å². The van der Waals surface area contributed by atoms with Gasteiger partial charge in [-0.25, -0.2) is 0 Å². The van der Waals surface area contributed by atoms with E-state index < -0.39 is 6.10 Å². The second-order valence-electron chi connectivity index (χ2n) is 6.77. The molecule has 2 heterocycles. The quantitative estimate of drug-likeness (QED) is 0.466. The van der Waals surface area contributed by atoms with Crippen LogP contribution in [0.4, 0.5) is 0 Å². The summed E-state index contributed by atoms with van der Waals surface area (Å²) in [4.78, 5) is 11.9. The largest absolute Gasteiger partial charge is 0.457 e. The molecule has 2 aliphatic rings. The molecule has 0 aromatic rings. The summed E-state index contributed by atoms with van der Waals surface area (Å²) < 4.78 is 16.3. The van der Waals surface area contributed by atoms with Crippen LogP contribution in [-0.4, -0.2) is 48.7 Å². The minimum Gasteiger partial charge on any atom is -0.457 e. The van der Waals surface area contributed by atoms with E-state index in [0.29, 0.717) is 13.0 Å². The zero-order chi connectivity index (χ0) is 16.5. The van der Waals surface area contributed by atoms with Gasteiger partial charge in [0.1, 0.15) is 18.3 Å². The average molecular weight is 328 g/mol. The van der Waals surface area contributed by atoms with Crippen molar-refractivity contribution in [1.29, 1.82) is 0 Å². The molecular formula is C18H32O5. The molecular weight excluding hydrogens is 296 g/mol. The highest BCUT2D eigenvalue weighted by Gasteiger charge is 2.48. The van der Waals surface area contributed by atoms with Gasteiger partial charge in [0.2, 0.25) is 0 Å². The summed E-state index contributed by atoms with van der Waals surface area (Å²) in [5, 5.41) is 9.65. The molecule has 0 aromatic heterocycles. The highest BCUT2D eigenvalue weighted by molar-refractivity contribution is 5.69. The van der Waals surface area contributed by atoms with Crippen molar-refractivity contribution in [3.63, 3.8) is 0 Å². The number of aliphatic hydroxyl groups is 1. The van der Waals surface area contributed by atoms with Gasteiger partial charge in [-0.1, -0.05) is 58.3 Å². The van der Waals surface area contributed by atoms with E-state index in [9.17, 15) is 9.90 Å². The number of esters is 1. The monoisotopic (exact) mass is 328 g/mol. The highest BCUT2D eigenvalue weighted by atomic mass is 16.6. The summed E-state index contributed by atoms with van der Waals surface area (Å²) in [6, 6.07) is 0. The summed E-state index contributed by atoms with van der Waals surface area (Å²) in [6.07, 6.45) is 9.97. The number of carbonyl (C=O) groups is 1. The molecule has 0 saturated carbocycles. The summed E-state index contributed by atoms with van der Waals surface area (Å²) in [7, 11) is 0. The maximum Gasteiger partial charge on any atom is 0.306 e. The maximum absolute atomic E-state index is 11.9. The van der Waals surface area contributed by atoms with E-state index in [0.717, 1.165) is 12.8 Å². The number of ether oxygens (including phenoxy) is 3. The standard InChI is InChI=1S/C18H32O5/c1-2-3-4-5-6-7-8-9-10-11-16(20)23-15-13-22-17-14(19)12-21-18(15)17/h14-15,17-19H,2-13H2,1H3/t14-,15+,17?,18?/m1/s1. The number of hydrogen-bond donors (Lipinski definition) is 1. The maximum atomic E-state index is 11.9. The lowest BCUT2D eigenvalue weighted by Gasteiger charge is -2.16. The predicted molar refractivity (Wildman–Crippen MR) is 87.2 cm³/mol. The fourth-order valence-corrected chi connectivity index (χ4v) is 3.35. The Labute approximate surface area is 139 Å². The van der Waals surface area contributed by atoms with Gasteiger partial charge in [0.25, 0.3) is 0 Å². The number of carbonyl (C=O) groups excluding carboxylic acids is 1. The zero-order valence-electron chi connectivity index (χ0n) is 14.4. The van der Waals surface area contributed by atoms with Gasteiger partial charge in [-0.15, -0.1) is 0 Å².